The van der Waals surface area contributed by atoms with E-state index >= 15 is 0 Å². The van der Waals surface area contributed by atoms with Crippen LogP contribution in [-0.2, 0) is 17.8 Å². The summed E-state index contributed by atoms with van der Waals surface area (Å²) >= 11 is 1.43. The van der Waals surface area contributed by atoms with Gasteiger partial charge in [-0.2, -0.15) is 5.10 Å². The van der Waals surface area contributed by atoms with Crippen LogP contribution in [0.2, 0.25) is 0 Å². The predicted molar refractivity (Wildman–Crippen MR) is 131 cm³/mol. The lowest BCUT2D eigenvalue weighted by atomic mass is 10.1. The summed E-state index contributed by atoms with van der Waals surface area (Å²) in [7, 11) is 0. The summed E-state index contributed by atoms with van der Waals surface area (Å²) in [5.74, 6) is 0.665. The Morgan fingerprint density at radius 3 is 2.82 bits per heavy atom. The van der Waals surface area contributed by atoms with E-state index in [4.69, 9.17) is 15.6 Å². The Kier molecular flexibility index (Phi) is 7.15. The third-order valence-electron chi connectivity index (χ3n) is 5.57. The maximum absolute atomic E-state index is 12.6. The van der Waals surface area contributed by atoms with Crippen molar-refractivity contribution in [1.29, 1.82) is 0 Å². The molecule has 0 saturated heterocycles. The summed E-state index contributed by atoms with van der Waals surface area (Å²) in [5.41, 5.74) is 10.6. The lowest BCUT2D eigenvalue weighted by Gasteiger charge is -2.27. The molecule has 34 heavy (non-hydrogen) atoms. The number of benzene rings is 1. The molecule has 4 N–H and O–H groups in total. The van der Waals surface area contributed by atoms with Gasteiger partial charge in [0.25, 0.3) is 0 Å². The van der Waals surface area contributed by atoms with Crippen LogP contribution in [0.4, 0.5) is 5.69 Å². The van der Waals surface area contributed by atoms with Gasteiger partial charge in [0.05, 0.1) is 30.1 Å². The molecule has 0 spiro atoms. The number of nitrogens with two attached hydrogens (primary N) is 1. The van der Waals surface area contributed by atoms with Gasteiger partial charge in [0.2, 0.25) is 11.0 Å². The van der Waals surface area contributed by atoms with Crippen LogP contribution in [0.25, 0.3) is 15.7 Å². The number of hydrogen-bond acceptors (Lipinski definition) is 9. The number of nitrogen functional groups attached to an aromatic ring is 1. The highest BCUT2D eigenvalue weighted by Gasteiger charge is 2.27. The predicted octanol–water partition coefficient (Wildman–Crippen LogP) is 1.92. The summed E-state index contributed by atoms with van der Waals surface area (Å²) in [4.78, 5) is 14.4. The van der Waals surface area contributed by atoms with Crippen molar-refractivity contribution in [2.75, 3.05) is 25.4 Å². The zero-order valence-corrected chi connectivity index (χ0v) is 20.7. The number of carbonyl (C=O) groups excluding carboxylic acids is 1. The maximum Gasteiger partial charge on any atom is 0.236 e. The molecule has 1 aliphatic rings. The largest absolute Gasteiger partial charge is 0.489 e. The van der Waals surface area contributed by atoms with Gasteiger partial charge in [-0.15, -0.1) is 10.2 Å². The fourth-order valence-electron chi connectivity index (χ4n) is 3.87. The molecule has 0 bridgehead atoms. The van der Waals surface area contributed by atoms with Gasteiger partial charge < -0.3 is 25.8 Å². The molecule has 3 heterocycles. The SMILES string of the molecule is Cc1c2c(nn1-c1nnc(-c3ccc(OC(C)C)c(N)c3)s1)CCN(C(=O)CNCC(C)O)C2. The van der Waals surface area contributed by atoms with Gasteiger partial charge >= 0.3 is 0 Å². The molecule has 11 heteroatoms. The van der Waals surface area contributed by atoms with Crippen LogP contribution in [0.3, 0.4) is 0 Å². The molecule has 3 aromatic rings. The Morgan fingerprint density at radius 1 is 1.32 bits per heavy atom. The number of anilines is 1. The van der Waals surface area contributed by atoms with Gasteiger partial charge in [-0.25, -0.2) is 4.68 Å². The summed E-state index contributed by atoms with van der Waals surface area (Å²) in [6.45, 7) is 9.31. The maximum atomic E-state index is 12.6. The van der Waals surface area contributed by atoms with Crippen LogP contribution in [0.15, 0.2) is 18.2 Å². The molecule has 1 aliphatic heterocycles. The van der Waals surface area contributed by atoms with Crippen LogP contribution in [-0.4, -0.2) is 67.7 Å². The number of nitrogens with zero attached hydrogens (tertiary/aromatic N) is 5. The fraction of sp³-hybridized carbons (Fsp3) is 0.478. The highest BCUT2D eigenvalue weighted by molar-refractivity contribution is 7.17. The van der Waals surface area contributed by atoms with Crippen molar-refractivity contribution in [2.24, 2.45) is 0 Å². The van der Waals surface area contributed by atoms with Gasteiger partial charge in [0, 0.05) is 42.9 Å². The van der Waals surface area contributed by atoms with Gasteiger partial charge in [-0.05, 0) is 45.9 Å². The van der Waals surface area contributed by atoms with E-state index in [-0.39, 0.29) is 18.6 Å². The van der Waals surface area contributed by atoms with Crippen molar-refractivity contribution < 1.29 is 14.6 Å². The van der Waals surface area contributed by atoms with Crippen molar-refractivity contribution in [3.8, 4) is 21.5 Å². The number of aliphatic hydroxyl groups is 1. The molecular formula is C23H31N7O3S. The highest BCUT2D eigenvalue weighted by atomic mass is 32.1. The number of hydrogen-bond donors (Lipinski definition) is 3. The van der Waals surface area contributed by atoms with E-state index < -0.39 is 6.10 Å². The Hall–Kier alpha value is -3.02. The summed E-state index contributed by atoms with van der Waals surface area (Å²) in [6, 6.07) is 5.62. The van der Waals surface area contributed by atoms with E-state index in [1.54, 1.807) is 6.92 Å². The molecule has 1 unspecified atom stereocenters. The van der Waals surface area contributed by atoms with Crippen molar-refractivity contribution in [2.45, 2.75) is 52.9 Å². The average molecular weight is 486 g/mol. The number of aliphatic hydroxyl groups excluding tert-OH is 1. The van der Waals surface area contributed by atoms with Gasteiger partial charge in [0.1, 0.15) is 10.8 Å². The standard InChI is InChI=1S/C23H31N7O3S/c1-13(2)33-20-6-5-16(9-18(20)24)22-26-27-23(34-22)30-15(4)17-12-29(8-7-19(17)28-30)21(32)11-25-10-14(3)31/h5-6,9,13-14,25,31H,7-8,10-12,24H2,1-4H3. The molecule has 4 rings (SSSR count). The Labute approximate surface area is 202 Å². The average Bonchev–Trinajstić information content (AvgIpc) is 3.39. The molecule has 0 saturated carbocycles. The summed E-state index contributed by atoms with van der Waals surface area (Å²) in [5, 5.41) is 27.2. The van der Waals surface area contributed by atoms with E-state index in [0.717, 1.165) is 27.5 Å². The molecule has 1 amide bonds. The second kappa shape index (κ2) is 10.1. The molecule has 0 aliphatic carbocycles. The Bertz CT molecular complexity index is 1170. The minimum Gasteiger partial charge on any atom is -0.489 e. The normalized spacial score (nSPS) is 14.4. The van der Waals surface area contributed by atoms with Crippen molar-refractivity contribution in [3.63, 3.8) is 0 Å². The number of carbonyl (C=O) groups is 1. The summed E-state index contributed by atoms with van der Waals surface area (Å²) < 4.78 is 7.53. The summed E-state index contributed by atoms with van der Waals surface area (Å²) in [6.07, 6.45) is 0.243. The first-order valence-corrected chi connectivity index (χ1v) is 12.2. The third kappa shape index (κ3) is 5.21. The second-order valence-corrected chi connectivity index (χ2v) is 9.73. The number of rotatable bonds is 8. The van der Waals surface area contributed by atoms with Crippen LogP contribution in [0.5, 0.6) is 5.75 Å². The molecule has 0 radical (unpaired) electrons. The van der Waals surface area contributed by atoms with Crippen molar-refractivity contribution in [1.82, 2.24) is 30.2 Å². The number of amides is 1. The fourth-order valence-corrected chi connectivity index (χ4v) is 4.71. The van der Waals surface area contributed by atoms with E-state index in [1.807, 2.05) is 48.6 Å². The lowest BCUT2D eigenvalue weighted by Crippen LogP contribution is -2.42. The van der Waals surface area contributed by atoms with Crippen molar-refractivity contribution >= 4 is 22.9 Å². The van der Waals surface area contributed by atoms with E-state index in [2.05, 4.69) is 15.5 Å². The van der Waals surface area contributed by atoms with Gasteiger partial charge in [0.15, 0.2) is 0 Å². The first-order chi connectivity index (χ1) is 16.2. The number of nitrogens with one attached hydrogen (secondary N) is 1. The molecular weight excluding hydrogens is 454 g/mol. The van der Waals surface area contributed by atoms with Crippen molar-refractivity contribution in [3.05, 3.63) is 35.2 Å². The van der Waals surface area contributed by atoms with Crippen LogP contribution in [0, 0.1) is 6.92 Å². The molecule has 0 fully saturated rings. The molecule has 2 aromatic heterocycles. The minimum absolute atomic E-state index is 0.0131. The highest BCUT2D eigenvalue weighted by Crippen LogP contribution is 2.33. The van der Waals surface area contributed by atoms with Crippen LogP contribution >= 0.6 is 11.3 Å². The van der Waals surface area contributed by atoms with E-state index in [1.165, 1.54) is 11.3 Å². The third-order valence-corrected chi connectivity index (χ3v) is 6.52. The molecule has 1 aromatic carbocycles. The zero-order chi connectivity index (χ0) is 24.4. The van der Waals surface area contributed by atoms with Crippen LogP contribution < -0.4 is 15.8 Å². The van der Waals surface area contributed by atoms with Gasteiger partial charge in [-0.1, -0.05) is 11.3 Å². The number of ether oxygens (including phenoxy) is 1. The minimum atomic E-state index is -0.485. The Morgan fingerprint density at radius 2 is 2.12 bits per heavy atom. The van der Waals surface area contributed by atoms with Gasteiger partial charge in [-0.3, -0.25) is 4.79 Å². The van der Waals surface area contributed by atoms with E-state index in [0.29, 0.717) is 42.6 Å². The topological polar surface area (TPSA) is 131 Å². The van der Waals surface area contributed by atoms with Crippen LogP contribution in [0.1, 0.15) is 37.7 Å². The lowest BCUT2D eigenvalue weighted by molar-refractivity contribution is -0.131. The Balaban J connectivity index is 1.50. The second-order valence-electron chi connectivity index (χ2n) is 8.78. The molecule has 10 nitrogen and oxygen atoms in total. The zero-order valence-electron chi connectivity index (χ0n) is 19.9. The molecule has 1 atom stereocenters. The number of fused-ring (bicyclic) bond motifs is 1. The number of aromatic nitrogens is 4. The van der Waals surface area contributed by atoms with E-state index in [9.17, 15) is 9.90 Å². The quantitative estimate of drug-likeness (QED) is 0.413. The first-order valence-electron chi connectivity index (χ1n) is 11.4. The first kappa shape index (κ1) is 24.1. The molecule has 182 valence electrons. The smallest absolute Gasteiger partial charge is 0.236 e. The monoisotopic (exact) mass is 485 g/mol.